The van der Waals surface area contributed by atoms with E-state index in [1.807, 2.05) is 32.9 Å². The van der Waals surface area contributed by atoms with Gasteiger partial charge in [-0.2, -0.15) is 5.10 Å². The highest BCUT2D eigenvalue weighted by atomic mass is 35.5. The van der Waals surface area contributed by atoms with E-state index in [1.54, 1.807) is 16.8 Å². The summed E-state index contributed by atoms with van der Waals surface area (Å²) in [5.74, 6) is -1.14. The number of benzene rings is 1. The number of carbonyl (C=O) groups excluding carboxylic acids is 1. The van der Waals surface area contributed by atoms with Crippen molar-refractivity contribution in [3.05, 3.63) is 46.2 Å². The minimum absolute atomic E-state index is 0.0201. The van der Waals surface area contributed by atoms with E-state index in [0.29, 0.717) is 22.8 Å². The quantitative estimate of drug-likeness (QED) is 0.853. The van der Waals surface area contributed by atoms with Crippen LogP contribution in [0.2, 0.25) is 5.02 Å². The highest BCUT2D eigenvalue weighted by Crippen LogP contribution is 2.27. The molecule has 1 heterocycles. The molecule has 0 aliphatic carbocycles. The molecule has 1 aromatic heterocycles. The first-order valence-electron chi connectivity index (χ1n) is 7.04. The number of aromatic nitrogens is 2. The fraction of sp³-hybridized carbons (Fsp3) is 0.375. The molecular formula is C16H18ClN2O2-. The normalized spacial score (nSPS) is 11.1. The third-order valence-electron chi connectivity index (χ3n) is 3.30. The average molecular weight is 306 g/mol. The van der Waals surface area contributed by atoms with E-state index in [2.05, 4.69) is 5.10 Å². The molecule has 0 fully saturated rings. The lowest BCUT2D eigenvalue weighted by Gasteiger charge is -2.13. The van der Waals surface area contributed by atoms with Crippen LogP contribution in [0.25, 0.3) is 5.69 Å². The number of carboxylic acid groups (broad SMARTS) is 1. The van der Waals surface area contributed by atoms with Crippen LogP contribution in [0.1, 0.15) is 54.9 Å². The summed E-state index contributed by atoms with van der Waals surface area (Å²) in [5.41, 5.74) is 2.27. The number of nitrogens with zero attached hydrogens (tertiary/aromatic N) is 2. The van der Waals surface area contributed by atoms with Gasteiger partial charge in [-0.15, -0.1) is 0 Å². The van der Waals surface area contributed by atoms with Crippen molar-refractivity contribution in [1.29, 1.82) is 0 Å². The predicted molar refractivity (Wildman–Crippen MR) is 81.0 cm³/mol. The summed E-state index contributed by atoms with van der Waals surface area (Å²) in [6.07, 6.45) is 1.44. The third kappa shape index (κ3) is 3.10. The summed E-state index contributed by atoms with van der Waals surface area (Å²) >= 11 is 5.90. The minimum atomic E-state index is -1.16. The summed E-state index contributed by atoms with van der Waals surface area (Å²) in [7, 11) is 0. The highest BCUT2D eigenvalue weighted by molar-refractivity contribution is 6.30. The van der Waals surface area contributed by atoms with E-state index in [9.17, 15) is 9.90 Å². The molecule has 2 aromatic rings. The average Bonchev–Trinajstić information content (AvgIpc) is 2.79. The zero-order valence-electron chi connectivity index (χ0n) is 12.4. The highest BCUT2D eigenvalue weighted by Gasteiger charge is 2.21. The zero-order valence-corrected chi connectivity index (χ0v) is 13.1. The molecule has 0 saturated heterocycles. The van der Waals surface area contributed by atoms with Crippen molar-refractivity contribution in [2.75, 3.05) is 0 Å². The molecule has 0 aliphatic rings. The van der Waals surface area contributed by atoms with Gasteiger partial charge in [0.15, 0.2) is 0 Å². The van der Waals surface area contributed by atoms with E-state index in [-0.39, 0.29) is 11.5 Å². The maximum absolute atomic E-state index is 11.5. The molecule has 0 unspecified atom stereocenters. The van der Waals surface area contributed by atoms with E-state index in [1.165, 1.54) is 0 Å². The Bertz CT molecular complexity index is 645. The largest absolute Gasteiger partial charge is 0.545 e. The summed E-state index contributed by atoms with van der Waals surface area (Å²) < 4.78 is 1.69. The Balaban J connectivity index is 2.67. The number of aryl methyl sites for hydroxylation is 1. The van der Waals surface area contributed by atoms with Crippen molar-refractivity contribution < 1.29 is 9.90 Å². The van der Waals surface area contributed by atoms with Crippen LogP contribution in [0.5, 0.6) is 0 Å². The number of hydrogen-bond acceptors (Lipinski definition) is 3. The smallest absolute Gasteiger partial charge is 0.0752 e. The monoisotopic (exact) mass is 305 g/mol. The van der Waals surface area contributed by atoms with Crippen molar-refractivity contribution in [1.82, 2.24) is 9.78 Å². The van der Waals surface area contributed by atoms with Crippen molar-refractivity contribution in [2.24, 2.45) is 0 Å². The van der Waals surface area contributed by atoms with Crippen LogP contribution in [0.3, 0.4) is 0 Å². The number of halogens is 1. The van der Waals surface area contributed by atoms with Gasteiger partial charge in [0.05, 0.1) is 23.0 Å². The first-order chi connectivity index (χ1) is 9.95. The fourth-order valence-corrected chi connectivity index (χ4v) is 2.55. The third-order valence-corrected chi connectivity index (χ3v) is 3.55. The Labute approximate surface area is 129 Å². The van der Waals surface area contributed by atoms with Gasteiger partial charge in [-0.05, 0) is 36.6 Å². The van der Waals surface area contributed by atoms with Gasteiger partial charge in [-0.3, -0.25) is 0 Å². The summed E-state index contributed by atoms with van der Waals surface area (Å²) in [6.45, 7) is 5.90. The van der Waals surface area contributed by atoms with Gasteiger partial charge in [0.1, 0.15) is 0 Å². The zero-order chi connectivity index (χ0) is 15.6. The number of hydrogen-bond donors (Lipinski definition) is 0. The van der Waals surface area contributed by atoms with Crippen LogP contribution < -0.4 is 5.11 Å². The molecule has 1 aromatic carbocycles. The van der Waals surface area contributed by atoms with Crippen LogP contribution in [-0.4, -0.2) is 15.7 Å². The molecule has 0 aliphatic heterocycles. The molecule has 0 bridgehead atoms. The molecule has 0 radical (unpaired) electrons. The standard InChI is InChI=1S/C16H19ClN2O2/c1-4-5-13-14(16(20)21)15(10(2)3)19(18-13)12-8-6-11(17)7-9-12/h6-10H,4-5H2,1-3H3,(H,20,21)/p-1. The Morgan fingerprint density at radius 3 is 2.43 bits per heavy atom. The molecule has 21 heavy (non-hydrogen) atoms. The summed E-state index contributed by atoms with van der Waals surface area (Å²) in [6, 6.07) is 7.19. The summed E-state index contributed by atoms with van der Waals surface area (Å²) in [4.78, 5) is 11.5. The lowest BCUT2D eigenvalue weighted by atomic mass is 10.0. The second-order valence-corrected chi connectivity index (χ2v) is 5.72. The molecule has 0 atom stereocenters. The topological polar surface area (TPSA) is 58.0 Å². The molecule has 0 amide bonds. The van der Waals surface area contributed by atoms with Crippen LogP contribution in [-0.2, 0) is 6.42 Å². The van der Waals surface area contributed by atoms with Gasteiger partial charge in [0, 0.05) is 10.6 Å². The van der Waals surface area contributed by atoms with Crippen LogP contribution in [0.15, 0.2) is 24.3 Å². The molecule has 0 spiro atoms. The lowest BCUT2D eigenvalue weighted by molar-refractivity contribution is -0.255. The first-order valence-corrected chi connectivity index (χ1v) is 7.42. The van der Waals surface area contributed by atoms with Gasteiger partial charge >= 0.3 is 0 Å². The number of rotatable bonds is 5. The van der Waals surface area contributed by atoms with Crippen molar-refractivity contribution >= 4 is 17.6 Å². The van der Waals surface area contributed by atoms with Gasteiger partial charge < -0.3 is 9.90 Å². The van der Waals surface area contributed by atoms with Gasteiger partial charge in [0.25, 0.3) is 0 Å². The van der Waals surface area contributed by atoms with Crippen LogP contribution in [0.4, 0.5) is 0 Å². The molecule has 0 N–H and O–H groups in total. The van der Waals surface area contributed by atoms with E-state index >= 15 is 0 Å². The number of carboxylic acids is 1. The fourth-order valence-electron chi connectivity index (χ4n) is 2.42. The maximum atomic E-state index is 11.5. The molecule has 5 heteroatoms. The van der Waals surface area contributed by atoms with E-state index in [4.69, 9.17) is 11.6 Å². The van der Waals surface area contributed by atoms with Crippen molar-refractivity contribution in [3.63, 3.8) is 0 Å². The van der Waals surface area contributed by atoms with Crippen molar-refractivity contribution in [3.8, 4) is 5.69 Å². The lowest BCUT2D eigenvalue weighted by Crippen LogP contribution is -2.25. The maximum Gasteiger partial charge on any atom is 0.0752 e. The van der Waals surface area contributed by atoms with E-state index < -0.39 is 5.97 Å². The summed E-state index contributed by atoms with van der Waals surface area (Å²) in [5, 5.41) is 16.7. The minimum Gasteiger partial charge on any atom is -0.545 e. The SMILES string of the molecule is CCCc1nn(-c2ccc(Cl)cc2)c(C(C)C)c1C(=O)[O-]. The Morgan fingerprint density at radius 1 is 1.33 bits per heavy atom. The van der Waals surface area contributed by atoms with Crippen LogP contribution >= 0.6 is 11.6 Å². The molecule has 0 saturated carbocycles. The number of carbonyl (C=O) groups is 1. The van der Waals surface area contributed by atoms with Gasteiger partial charge in [-0.1, -0.05) is 38.8 Å². The van der Waals surface area contributed by atoms with E-state index in [0.717, 1.165) is 12.1 Å². The molecular weight excluding hydrogens is 288 g/mol. The van der Waals surface area contributed by atoms with Crippen LogP contribution in [0, 0.1) is 0 Å². The predicted octanol–water partition coefficient (Wildman–Crippen LogP) is 2.97. The Kier molecular flexibility index (Phi) is 4.68. The first kappa shape index (κ1) is 15.6. The molecule has 2 rings (SSSR count). The van der Waals surface area contributed by atoms with Gasteiger partial charge in [-0.25, -0.2) is 4.68 Å². The molecule has 4 nitrogen and oxygen atoms in total. The molecule has 112 valence electrons. The van der Waals surface area contributed by atoms with Crippen molar-refractivity contribution in [2.45, 2.75) is 39.5 Å². The second-order valence-electron chi connectivity index (χ2n) is 5.29. The number of aromatic carboxylic acids is 1. The Morgan fingerprint density at radius 2 is 1.95 bits per heavy atom. The van der Waals surface area contributed by atoms with Gasteiger partial charge in [0.2, 0.25) is 0 Å². The Hall–Kier alpha value is -1.81. The second kappa shape index (κ2) is 6.31.